The van der Waals surface area contributed by atoms with Crippen molar-refractivity contribution >= 4 is 51.0 Å². The zero-order chi connectivity index (χ0) is 8.58. The number of carbonyl (C=O) groups is 1. The summed E-state index contributed by atoms with van der Waals surface area (Å²) in [5.74, 6) is -1.57. The summed E-state index contributed by atoms with van der Waals surface area (Å²) >= 11 is 15.1. The molecule has 10 heavy (non-hydrogen) atoms. The lowest BCUT2D eigenvalue weighted by Gasteiger charge is -2.25. The Kier molecular flexibility index (Phi) is 3.02. The fourth-order valence-electron chi connectivity index (χ4n) is 0.129. The Bertz CT molecular complexity index is 152. The minimum absolute atomic E-state index is 1.57. The first kappa shape index (κ1) is 10.5. The van der Waals surface area contributed by atoms with Crippen molar-refractivity contribution in [2.75, 3.05) is 0 Å². The van der Waals surface area contributed by atoms with Crippen LogP contribution in [-0.2, 0) is 4.79 Å². The van der Waals surface area contributed by atoms with E-state index in [1.54, 1.807) is 0 Å². The van der Waals surface area contributed by atoms with Crippen LogP contribution in [0.4, 0.5) is 0 Å². The Hall–Kier alpha value is 0.517. The molecule has 0 aliphatic heterocycles. The summed E-state index contributed by atoms with van der Waals surface area (Å²) in [6.45, 7) is 0. The minimum atomic E-state index is -2.56. The molecule has 0 aromatic heterocycles. The van der Waals surface area contributed by atoms with Gasteiger partial charge in [0, 0.05) is 0 Å². The van der Waals surface area contributed by atoms with E-state index in [0.717, 1.165) is 0 Å². The van der Waals surface area contributed by atoms with E-state index < -0.39 is 15.0 Å². The van der Waals surface area contributed by atoms with Crippen LogP contribution in [0.15, 0.2) is 0 Å². The van der Waals surface area contributed by atoms with Crippen LogP contribution in [0.25, 0.3) is 0 Å². The van der Waals surface area contributed by atoms with Crippen molar-refractivity contribution in [2.24, 2.45) is 0 Å². The second kappa shape index (κ2) is 2.87. The summed E-state index contributed by atoms with van der Waals surface area (Å²) in [6, 6.07) is 0. The van der Waals surface area contributed by atoms with E-state index in [1.807, 2.05) is 0 Å². The van der Waals surface area contributed by atoms with Gasteiger partial charge in [0.05, 0.1) is 10.2 Å². The molecule has 0 aliphatic carbocycles. The highest BCUT2D eigenvalue weighted by Gasteiger charge is 2.49. The summed E-state index contributed by atoms with van der Waals surface area (Å²) in [5.41, 5.74) is 0. The molecule has 0 aliphatic rings. The van der Waals surface area contributed by atoms with E-state index in [1.165, 1.54) is 0 Å². The summed E-state index contributed by atoms with van der Waals surface area (Å²) in [7, 11) is 2.47. The van der Waals surface area contributed by atoms with Crippen LogP contribution >= 0.6 is 34.8 Å². The van der Waals surface area contributed by atoms with Gasteiger partial charge in [-0.3, -0.25) is 4.79 Å². The molecule has 0 bridgehead atoms. The highest BCUT2D eigenvalue weighted by Crippen LogP contribution is 2.34. The normalized spacial score (nSPS) is 18.1. The number of carboxylic acid groups (broad SMARTS) is 1. The number of hydrogen-bond acceptors (Lipinski definition) is 2. The number of hydrogen-bond donors (Lipinski definition) is 2. The van der Waals surface area contributed by atoms with Crippen molar-refractivity contribution in [2.45, 2.75) is 9.02 Å². The fraction of sp³-hybridized carbons (Fsp3) is 0.667. The van der Waals surface area contributed by atoms with Gasteiger partial charge in [0.1, 0.15) is 0 Å². The maximum Gasteiger partial charge on any atom is 0.326 e. The van der Waals surface area contributed by atoms with Gasteiger partial charge in [0.2, 0.25) is 4.52 Å². The maximum absolute atomic E-state index is 10.2. The SMILES string of the molecule is O=C(O)C([Si])(Cl)C(O)(Cl)Cl. The number of aliphatic carboxylic acids is 1. The average molecular weight is 220 g/mol. The van der Waals surface area contributed by atoms with Gasteiger partial charge in [-0.15, -0.1) is 11.6 Å². The monoisotopic (exact) mass is 219 g/mol. The predicted octanol–water partition coefficient (Wildman–Crippen LogP) is 0.298. The first-order valence-corrected chi connectivity index (χ1v) is 3.60. The maximum atomic E-state index is 10.2. The molecule has 2 N–H and O–H groups in total. The van der Waals surface area contributed by atoms with Gasteiger partial charge >= 0.3 is 5.97 Å². The van der Waals surface area contributed by atoms with E-state index in [0.29, 0.717) is 0 Å². The summed E-state index contributed by atoms with van der Waals surface area (Å²) in [5, 5.41) is 17.0. The Morgan fingerprint density at radius 2 is 1.70 bits per heavy atom. The molecule has 57 valence electrons. The van der Waals surface area contributed by atoms with E-state index in [2.05, 4.69) is 10.2 Å². The second-order valence-corrected chi connectivity index (χ2v) is 4.43. The molecule has 1 atom stereocenters. The Balaban J connectivity index is 4.57. The summed E-state index contributed by atoms with van der Waals surface area (Å²) in [4.78, 5) is 10.2. The fourth-order valence-corrected chi connectivity index (χ4v) is 0.290. The molecule has 0 rings (SSSR count). The lowest BCUT2D eigenvalue weighted by atomic mass is 10.4. The van der Waals surface area contributed by atoms with Crippen LogP contribution < -0.4 is 0 Å². The van der Waals surface area contributed by atoms with Crippen LogP contribution in [0, 0.1) is 0 Å². The van der Waals surface area contributed by atoms with Gasteiger partial charge in [-0.25, -0.2) is 0 Å². The molecule has 0 fully saturated rings. The van der Waals surface area contributed by atoms with Crippen LogP contribution in [0.1, 0.15) is 0 Å². The van der Waals surface area contributed by atoms with Gasteiger partial charge in [-0.05, 0) is 0 Å². The molecule has 0 saturated carbocycles. The van der Waals surface area contributed by atoms with Crippen LogP contribution in [-0.4, -0.2) is 35.4 Å². The summed E-state index contributed by atoms with van der Waals surface area (Å²) < 4.78 is -4.84. The number of alkyl halides is 3. The zero-order valence-corrected chi connectivity index (χ0v) is 7.70. The third-order valence-electron chi connectivity index (χ3n) is 0.709. The lowest BCUT2D eigenvalue weighted by molar-refractivity contribution is -0.139. The minimum Gasteiger partial charge on any atom is -0.480 e. The van der Waals surface area contributed by atoms with Crippen molar-refractivity contribution < 1.29 is 15.0 Å². The Morgan fingerprint density at radius 1 is 1.40 bits per heavy atom. The van der Waals surface area contributed by atoms with Crippen molar-refractivity contribution in [1.29, 1.82) is 0 Å². The van der Waals surface area contributed by atoms with Crippen LogP contribution in [0.2, 0.25) is 0 Å². The van der Waals surface area contributed by atoms with E-state index in [9.17, 15) is 4.79 Å². The topological polar surface area (TPSA) is 57.5 Å². The van der Waals surface area contributed by atoms with E-state index >= 15 is 0 Å². The molecule has 3 nitrogen and oxygen atoms in total. The molecule has 0 saturated heterocycles. The standard InChI is InChI=1S/C3H2Cl3O3Si/c4-2(10,1(7)8)3(5,6)9/h9H,(H,7,8). The molecule has 1 unspecified atom stereocenters. The van der Waals surface area contributed by atoms with E-state index in [-0.39, 0.29) is 0 Å². The number of carboxylic acids is 1. The van der Waals surface area contributed by atoms with Crippen molar-refractivity contribution in [3.8, 4) is 0 Å². The third kappa shape index (κ3) is 2.00. The third-order valence-corrected chi connectivity index (χ3v) is 2.80. The zero-order valence-electron chi connectivity index (χ0n) is 4.44. The highest BCUT2D eigenvalue weighted by molar-refractivity contribution is 6.65. The molecule has 0 aromatic carbocycles. The smallest absolute Gasteiger partial charge is 0.326 e. The molecule has 3 radical (unpaired) electrons. The highest BCUT2D eigenvalue weighted by atomic mass is 35.5. The van der Waals surface area contributed by atoms with Gasteiger partial charge in [-0.2, -0.15) is 0 Å². The van der Waals surface area contributed by atoms with Crippen molar-refractivity contribution in [3.05, 3.63) is 0 Å². The molecule has 0 amide bonds. The largest absolute Gasteiger partial charge is 0.480 e. The molecule has 7 heteroatoms. The molecular weight excluding hydrogens is 218 g/mol. The predicted molar refractivity (Wildman–Crippen MR) is 38.6 cm³/mol. The molecule has 0 aromatic rings. The molecular formula is C3H2Cl3O3Si. The average Bonchev–Trinajstić information content (AvgIpc) is 1.62. The summed E-state index contributed by atoms with van der Waals surface area (Å²) in [6.07, 6.45) is 0. The molecule has 0 heterocycles. The number of halogens is 3. The van der Waals surface area contributed by atoms with Crippen LogP contribution in [0.5, 0.6) is 0 Å². The van der Waals surface area contributed by atoms with Crippen molar-refractivity contribution in [3.63, 3.8) is 0 Å². The Labute approximate surface area is 75.3 Å². The van der Waals surface area contributed by atoms with Gasteiger partial charge in [-0.1, -0.05) is 23.2 Å². The van der Waals surface area contributed by atoms with Gasteiger partial charge in [0.25, 0.3) is 0 Å². The van der Waals surface area contributed by atoms with Gasteiger partial charge < -0.3 is 10.2 Å². The quantitative estimate of drug-likeness (QED) is 0.520. The van der Waals surface area contributed by atoms with E-state index in [4.69, 9.17) is 45.0 Å². The Morgan fingerprint density at radius 3 is 1.70 bits per heavy atom. The first-order chi connectivity index (χ1) is 4.19. The van der Waals surface area contributed by atoms with Crippen LogP contribution in [0.3, 0.4) is 0 Å². The first-order valence-electron chi connectivity index (χ1n) is 1.97. The second-order valence-electron chi connectivity index (χ2n) is 1.50. The lowest BCUT2D eigenvalue weighted by Crippen LogP contribution is -2.48. The molecule has 0 spiro atoms. The number of rotatable bonds is 2. The number of aliphatic hydroxyl groups is 1. The van der Waals surface area contributed by atoms with Crippen molar-refractivity contribution in [1.82, 2.24) is 0 Å². The van der Waals surface area contributed by atoms with Gasteiger partial charge in [0.15, 0.2) is 4.50 Å².